The van der Waals surface area contributed by atoms with Gasteiger partial charge in [0.2, 0.25) is 0 Å². The fourth-order valence-corrected chi connectivity index (χ4v) is 1.77. The second kappa shape index (κ2) is 7.22. The van der Waals surface area contributed by atoms with Crippen molar-refractivity contribution in [3.63, 3.8) is 0 Å². The van der Waals surface area contributed by atoms with E-state index in [0.29, 0.717) is 12.2 Å². The van der Waals surface area contributed by atoms with Crippen LogP contribution in [-0.4, -0.2) is 39.2 Å². The smallest absolute Gasteiger partial charge is 0.269 e. The van der Waals surface area contributed by atoms with Crippen LogP contribution in [0.15, 0.2) is 24.7 Å². The number of H-pyrrole nitrogens is 1. The molecule has 0 radical (unpaired) electrons. The number of carbonyl (C=O) groups is 1. The second-order valence-corrected chi connectivity index (χ2v) is 4.25. The molecule has 2 rings (SSSR count). The van der Waals surface area contributed by atoms with Crippen LogP contribution < -0.4 is 10.6 Å². The van der Waals surface area contributed by atoms with E-state index in [1.807, 2.05) is 13.0 Å². The molecule has 3 N–H and O–H groups in total. The number of carbonyl (C=O) groups excluding carboxylic acids is 1. The average molecular weight is 274 g/mol. The maximum Gasteiger partial charge on any atom is 0.269 e. The molecule has 2 heterocycles. The number of hydrogen-bond acceptors (Lipinski definition) is 5. The van der Waals surface area contributed by atoms with E-state index in [2.05, 4.69) is 30.8 Å². The van der Waals surface area contributed by atoms with Crippen molar-refractivity contribution >= 4 is 11.6 Å². The molecule has 20 heavy (non-hydrogen) atoms. The van der Waals surface area contributed by atoms with Crippen molar-refractivity contribution in [3.8, 4) is 0 Å². The third kappa shape index (κ3) is 4.04. The predicted octanol–water partition coefficient (Wildman–Crippen LogP) is 0.994. The molecule has 1 amide bonds. The molecule has 0 saturated carbocycles. The lowest BCUT2D eigenvalue weighted by molar-refractivity contribution is 0.0948. The molecule has 7 nitrogen and oxygen atoms in total. The molecule has 0 fully saturated rings. The summed E-state index contributed by atoms with van der Waals surface area (Å²) in [5.41, 5.74) is 1.32. The first kappa shape index (κ1) is 14.0. The molecule has 2 aromatic rings. The Labute approximate surface area is 117 Å². The largest absolute Gasteiger partial charge is 0.385 e. The number of amides is 1. The second-order valence-electron chi connectivity index (χ2n) is 4.25. The van der Waals surface area contributed by atoms with Crippen LogP contribution in [0, 0.1) is 0 Å². The van der Waals surface area contributed by atoms with Crippen LogP contribution in [0.2, 0.25) is 0 Å². The van der Waals surface area contributed by atoms with E-state index in [1.54, 1.807) is 12.3 Å². The van der Waals surface area contributed by atoms with E-state index < -0.39 is 0 Å². The molecule has 0 aliphatic rings. The van der Waals surface area contributed by atoms with Crippen molar-refractivity contribution in [2.45, 2.75) is 19.8 Å². The van der Waals surface area contributed by atoms with E-state index in [9.17, 15) is 4.79 Å². The molecule has 0 bridgehead atoms. The Kier molecular flexibility index (Phi) is 5.05. The number of anilines is 1. The number of aryl methyl sites for hydroxylation is 1. The predicted molar refractivity (Wildman–Crippen MR) is 75.4 cm³/mol. The summed E-state index contributed by atoms with van der Waals surface area (Å²) in [6.07, 6.45) is 4.66. The molecule has 0 saturated heterocycles. The van der Waals surface area contributed by atoms with Gasteiger partial charge in [0.15, 0.2) is 0 Å². The zero-order chi connectivity index (χ0) is 14.2. The first-order chi connectivity index (χ1) is 9.79. The number of hydrogen-bond donors (Lipinski definition) is 3. The monoisotopic (exact) mass is 274 g/mol. The van der Waals surface area contributed by atoms with Gasteiger partial charge in [-0.3, -0.25) is 14.9 Å². The molecule has 2 aromatic heterocycles. The topological polar surface area (TPSA) is 95.6 Å². The van der Waals surface area contributed by atoms with Gasteiger partial charge in [-0.2, -0.15) is 5.10 Å². The Morgan fingerprint density at radius 2 is 2.30 bits per heavy atom. The number of aromatic nitrogens is 4. The fraction of sp³-hybridized carbons (Fsp3) is 0.385. The Morgan fingerprint density at radius 1 is 1.40 bits per heavy atom. The number of nitrogens with zero attached hydrogens (tertiary/aromatic N) is 3. The van der Waals surface area contributed by atoms with Gasteiger partial charge in [0, 0.05) is 31.4 Å². The van der Waals surface area contributed by atoms with Crippen molar-refractivity contribution in [2.75, 3.05) is 18.4 Å². The minimum Gasteiger partial charge on any atom is -0.385 e. The summed E-state index contributed by atoms with van der Waals surface area (Å²) in [7, 11) is 0. The summed E-state index contributed by atoms with van der Waals surface area (Å²) in [4.78, 5) is 20.0. The third-order valence-corrected chi connectivity index (χ3v) is 2.71. The molecule has 106 valence electrons. The van der Waals surface area contributed by atoms with Gasteiger partial charge in [0.25, 0.3) is 5.91 Å². The standard InChI is InChI=1S/C13H18N6O/c1-2-14-10-5-7-15-11(8-10)13(20)16-6-3-4-12-17-9-18-19-12/h5,7-9H,2-4,6H2,1H3,(H,14,15)(H,16,20)(H,17,18,19). The lowest BCUT2D eigenvalue weighted by Gasteiger charge is -2.06. The molecular formula is C13H18N6O. The van der Waals surface area contributed by atoms with Crippen molar-refractivity contribution in [2.24, 2.45) is 0 Å². The van der Waals surface area contributed by atoms with Crippen molar-refractivity contribution in [1.29, 1.82) is 0 Å². The van der Waals surface area contributed by atoms with Gasteiger partial charge in [-0.25, -0.2) is 4.98 Å². The van der Waals surface area contributed by atoms with Crippen LogP contribution in [-0.2, 0) is 6.42 Å². The SMILES string of the molecule is CCNc1ccnc(C(=O)NCCCc2ncn[nH]2)c1. The Balaban J connectivity index is 1.78. The summed E-state index contributed by atoms with van der Waals surface area (Å²) in [5, 5.41) is 12.5. The molecule has 0 aliphatic carbocycles. The fourth-order valence-electron chi connectivity index (χ4n) is 1.77. The minimum atomic E-state index is -0.165. The third-order valence-electron chi connectivity index (χ3n) is 2.71. The van der Waals surface area contributed by atoms with Gasteiger partial charge >= 0.3 is 0 Å². The quantitative estimate of drug-likeness (QED) is 0.654. The van der Waals surface area contributed by atoms with Crippen molar-refractivity contribution in [1.82, 2.24) is 25.5 Å². The van der Waals surface area contributed by atoms with Crippen LogP contribution in [0.1, 0.15) is 29.7 Å². The van der Waals surface area contributed by atoms with E-state index in [1.165, 1.54) is 6.33 Å². The average Bonchev–Trinajstić information content (AvgIpc) is 2.97. The Hall–Kier alpha value is -2.44. The number of pyridine rings is 1. The normalized spacial score (nSPS) is 10.2. The van der Waals surface area contributed by atoms with Crippen LogP contribution >= 0.6 is 0 Å². The van der Waals surface area contributed by atoms with Gasteiger partial charge in [-0.05, 0) is 25.5 Å². The zero-order valence-corrected chi connectivity index (χ0v) is 11.4. The molecule has 0 atom stereocenters. The van der Waals surface area contributed by atoms with Gasteiger partial charge in [-0.15, -0.1) is 0 Å². The molecule has 0 aromatic carbocycles. The Morgan fingerprint density at radius 3 is 3.05 bits per heavy atom. The van der Waals surface area contributed by atoms with Crippen LogP contribution in [0.25, 0.3) is 0 Å². The highest BCUT2D eigenvalue weighted by Gasteiger charge is 2.07. The minimum absolute atomic E-state index is 0.165. The highest BCUT2D eigenvalue weighted by atomic mass is 16.1. The van der Waals surface area contributed by atoms with E-state index in [4.69, 9.17) is 0 Å². The molecule has 0 unspecified atom stereocenters. The summed E-state index contributed by atoms with van der Waals surface area (Å²) in [6.45, 7) is 3.39. The van der Waals surface area contributed by atoms with Crippen LogP contribution in [0.3, 0.4) is 0 Å². The maximum absolute atomic E-state index is 11.9. The number of aromatic amines is 1. The number of rotatable bonds is 7. The summed E-state index contributed by atoms with van der Waals surface area (Å²) >= 11 is 0. The van der Waals surface area contributed by atoms with Gasteiger partial charge < -0.3 is 10.6 Å². The lowest BCUT2D eigenvalue weighted by atomic mass is 10.2. The maximum atomic E-state index is 11.9. The zero-order valence-electron chi connectivity index (χ0n) is 11.4. The molecule has 0 aliphatic heterocycles. The van der Waals surface area contributed by atoms with E-state index in [0.717, 1.165) is 30.9 Å². The van der Waals surface area contributed by atoms with Crippen molar-refractivity contribution in [3.05, 3.63) is 36.2 Å². The number of nitrogens with one attached hydrogen (secondary N) is 3. The molecule has 7 heteroatoms. The highest BCUT2D eigenvalue weighted by Crippen LogP contribution is 2.07. The highest BCUT2D eigenvalue weighted by molar-refractivity contribution is 5.93. The van der Waals surface area contributed by atoms with E-state index >= 15 is 0 Å². The van der Waals surface area contributed by atoms with Crippen LogP contribution in [0.5, 0.6) is 0 Å². The lowest BCUT2D eigenvalue weighted by Crippen LogP contribution is -2.25. The van der Waals surface area contributed by atoms with Gasteiger partial charge in [-0.1, -0.05) is 0 Å². The van der Waals surface area contributed by atoms with Gasteiger partial charge in [0.05, 0.1) is 0 Å². The van der Waals surface area contributed by atoms with Crippen molar-refractivity contribution < 1.29 is 4.79 Å². The first-order valence-corrected chi connectivity index (χ1v) is 6.62. The summed E-state index contributed by atoms with van der Waals surface area (Å²) in [5.74, 6) is 0.661. The first-order valence-electron chi connectivity index (χ1n) is 6.62. The molecular weight excluding hydrogens is 256 g/mol. The van der Waals surface area contributed by atoms with E-state index in [-0.39, 0.29) is 5.91 Å². The molecule has 0 spiro atoms. The Bertz CT molecular complexity index is 540. The van der Waals surface area contributed by atoms with Gasteiger partial charge in [0.1, 0.15) is 17.8 Å². The summed E-state index contributed by atoms with van der Waals surface area (Å²) < 4.78 is 0. The summed E-state index contributed by atoms with van der Waals surface area (Å²) in [6, 6.07) is 3.58. The van der Waals surface area contributed by atoms with Crippen LogP contribution in [0.4, 0.5) is 5.69 Å².